The average Bonchev–Trinajstić information content (AvgIpc) is 3.02. The van der Waals surface area contributed by atoms with Crippen LogP contribution in [0.25, 0.3) is 11.1 Å². The molecule has 0 fully saturated rings. The zero-order chi connectivity index (χ0) is 20.8. The average molecular weight is 395 g/mol. The fourth-order valence-electron chi connectivity index (χ4n) is 4.13. The van der Waals surface area contributed by atoms with E-state index in [4.69, 9.17) is 9.84 Å². The Bertz CT molecular complexity index is 816. The van der Waals surface area contributed by atoms with Crippen molar-refractivity contribution in [2.24, 2.45) is 11.8 Å². The number of amides is 1. The van der Waals surface area contributed by atoms with Crippen molar-refractivity contribution in [3.8, 4) is 11.1 Å². The molecule has 1 amide bonds. The van der Waals surface area contributed by atoms with Crippen LogP contribution in [-0.4, -0.2) is 30.3 Å². The van der Waals surface area contributed by atoms with Crippen molar-refractivity contribution in [3.05, 3.63) is 59.7 Å². The van der Waals surface area contributed by atoms with E-state index in [0.29, 0.717) is 25.5 Å². The first-order valence-corrected chi connectivity index (χ1v) is 10.3. The summed E-state index contributed by atoms with van der Waals surface area (Å²) in [5.74, 6) is -0.0917. The van der Waals surface area contributed by atoms with Gasteiger partial charge in [0.2, 0.25) is 0 Å². The Hall–Kier alpha value is -2.82. The van der Waals surface area contributed by atoms with Gasteiger partial charge in [-0.25, -0.2) is 4.79 Å². The molecule has 5 heteroatoms. The number of aliphatic carboxylic acids is 1. The second-order valence-corrected chi connectivity index (χ2v) is 7.98. The predicted octanol–water partition coefficient (Wildman–Crippen LogP) is 5.05. The summed E-state index contributed by atoms with van der Waals surface area (Å²) in [6, 6.07) is 16.5. The Kier molecular flexibility index (Phi) is 6.91. The number of rotatable bonds is 9. The Morgan fingerprint density at radius 3 is 2.14 bits per heavy atom. The molecule has 0 saturated carbocycles. The fraction of sp³-hybridized carbons (Fsp3) is 0.417. The van der Waals surface area contributed by atoms with Gasteiger partial charge >= 0.3 is 12.1 Å². The molecule has 5 nitrogen and oxygen atoms in total. The number of carboxylic acids is 1. The first-order valence-electron chi connectivity index (χ1n) is 10.3. The molecule has 2 aromatic carbocycles. The van der Waals surface area contributed by atoms with Gasteiger partial charge in [-0.05, 0) is 46.9 Å². The first-order chi connectivity index (χ1) is 14.0. The minimum absolute atomic E-state index is 0.0483. The second-order valence-electron chi connectivity index (χ2n) is 7.98. The maximum Gasteiger partial charge on any atom is 0.407 e. The third kappa shape index (κ3) is 5.17. The van der Waals surface area contributed by atoms with Crippen LogP contribution in [0.3, 0.4) is 0 Å². The summed E-state index contributed by atoms with van der Waals surface area (Å²) >= 11 is 0. The van der Waals surface area contributed by atoms with E-state index >= 15 is 0 Å². The van der Waals surface area contributed by atoms with Gasteiger partial charge in [-0.3, -0.25) is 4.79 Å². The van der Waals surface area contributed by atoms with Crippen molar-refractivity contribution in [1.29, 1.82) is 0 Å². The highest BCUT2D eigenvalue weighted by Gasteiger charge is 2.29. The molecule has 0 radical (unpaired) electrons. The number of hydrogen-bond acceptors (Lipinski definition) is 3. The molecule has 1 atom stereocenters. The third-order valence-electron chi connectivity index (χ3n) is 5.80. The topological polar surface area (TPSA) is 75.6 Å². The highest BCUT2D eigenvalue weighted by molar-refractivity contribution is 5.79. The molecule has 2 aromatic rings. The Morgan fingerprint density at radius 2 is 1.59 bits per heavy atom. The minimum atomic E-state index is -0.778. The molecule has 0 bridgehead atoms. The molecular formula is C24H29NO4. The van der Waals surface area contributed by atoms with E-state index in [1.807, 2.05) is 24.3 Å². The molecule has 1 unspecified atom stereocenters. The number of carbonyl (C=O) groups excluding carboxylic acids is 1. The zero-order valence-electron chi connectivity index (χ0n) is 17.1. The number of carbonyl (C=O) groups is 2. The Labute approximate surface area is 172 Å². The molecule has 1 aliphatic rings. The van der Waals surface area contributed by atoms with Gasteiger partial charge in [-0.15, -0.1) is 0 Å². The molecule has 0 spiro atoms. The number of nitrogens with one attached hydrogen (secondary N) is 1. The standard InChI is InChI=1S/C24H29NO4/c1-16(2)17(11-12-23(26)27)13-14-25-24(28)29-15-22-20-9-5-3-7-18(20)19-8-4-6-10-21(19)22/h3-10,16-17,22H,11-15H2,1-2H3,(H,25,28)(H,26,27). The van der Waals surface area contributed by atoms with E-state index in [2.05, 4.69) is 43.4 Å². The highest BCUT2D eigenvalue weighted by Crippen LogP contribution is 2.44. The molecule has 1 aliphatic carbocycles. The second kappa shape index (κ2) is 9.59. The quantitative estimate of drug-likeness (QED) is 0.623. The van der Waals surface area contributed by atoms with Gasteiger partial charge in [-0.1, -0.05) is 62.4 Å². The van der Waals surface area contributed by atoms with E-state index < -0.39 is 12.1 Å². The molecule has 0 aromatic heterocycles. The van der Waals surface area contributed by atoms with Crippen molar-refractivity contribution in [2.75, 3.05) is 13.2 Å². The van der Waals surface area contributed by atoms with Gasteiger partial charge in [0, 0.05) is 18.9 Å². The monoisotopic (exact) mass is 395 g/mol. The molecule has 2 N–H and O–H groups in total. The van der Waals surface area contributed by atoms with E-state index in [1.54, 1.807) is 0 Å². The summed E-state index contributed by atoms with van der Waals surface area (Å²) in [5, 5.41) is 11.7. The van der Waals surface area contributed by atoms with Crippen LogP contribution in [0.2, 0.25) is 0 Å². The van der Waals surface area contributed by atoms with E-state index in [0.717, 1.165) is 6.42 Å². The minimum Gasteiger partial charge on any atom is -0.481 e. The SMILES string of the molecule is CC(C)C(CCNC(=O)OCC1c2ccccc2-c2ccccc21)CCC(=O)O. The maximum atomic E-state index is 12.2. The van der Waals surface area contributed by atoms with Crippen LogP contribution in [0, 0.1) is 11.8 Å². The lowest BCUT2D eigenvalue weighted by atomic mass is 9.88. The van der Waals surface area contributed by atoms with Crippen molar-refractivity contribution in [2.45, 2.75) is 39.0 Å². The Morgan fingerprint density at radius 1 is 1.00 bits per heavy atom. The molecule has 29 heavy (non-hydrogen) atoms. The number of carboxylic acid groups (broad SMARTS) is 1. The third-order valence-corrected chi connectivity index (χ3v) is 5.80. The van der Waals surface area contributed by atoms with Crippen LogP contribution in [0.15, 0.2) is 48.5 Å². The van der Waals surface area contributed by atoms with Crippen LogP contribution in [0.1, 0.15) is 50.2 Å². The van der Waals surface area contributed by atoms with Crippen molar-refractivity contribution in [1.82, 2.24) is 5.32 Å². The maximum absolute atomic E-state index is 12.2. The zero-order valence-corrected chi connectivity index (χ0v) is 17.1. The highest BCUT2D eigenvalue weighted by atomic mass is 16.5. The smallest absolute Gasteiger partial charge is 0.407 e. The van der Waals surface area contributed by atoms with Gasteiger partial charge in [0.15, 0.2) is 0 Å². The predicted molar refractivity (Wildman–Crippen MR) is 113 cm³/mol. The lowest BCUT2D eigenvalue weighted by Gasteiger charge is -2.20. The van der Waals surface area contributed by atoms with E-state index in [9.17, 15) is 9.59 Å². The first kappa shape index (κ1) is 20.9. The number of ether oxygens (including phenoxy) is 1. The molecule has 0 aliphatic heterocycles. The van der Waals surface area contributed by atoms with Crippen molar-refractivity contribution < 1.29 is 19.4 Å². The molecule has 3 rings (SSSR count). The summed E-state index contributed by atoms with van der Waals surface area (Å²) in [6.45, 7) is 4.95. The summed E-state index contributed by atoms with van der Waals surface area (Å²) in [4.78, 5) is 23.0. The molecule has 0 saturated heterocycles. The van der Waals surface area contributed by atoms with Crippen molar-refractivity contribution in [3.63, 3.8) is 0 Å². The lowest BCUT2D eigenvalue weighted by molar-refractivity contribution is -0.137. The number of alkyl carbamates (subject to hydrolysis) is 1. The van der Waals surface area contributed by atoms with Crippen molar-refractivity contribution >= 4 is 12.1 Å². The normalized spacial score (nSPS) is 13.6. The van der Waals surface area contributed by atoms with Crippen LogP contribution >= 0.6 is 0 Å². The number of hydrogen-bond donors (Lipinski definition) is 2. The molecular weight excluding hydrogens is 366 g/mol. The van der Waals surface area contributed by atoms with Gasteiger partial charge in [-0.2, -0.15) is 0 Å². The number of benzene rings is 2. The fourth-order valence-corrected chi connectivity index (χ4v) is 4.13. The summed E-state index contributed by atoms with van der Waals surface area (Å²) in [6.07, 6.45) is 1.11. The van der Waals surface area contributed by atoms with Crippen LogP contribution in [0.4, 0.5) is 4.79 Å². The van der Waals surface area contributed by atoms with Gasteiger partial charge in [0.25, 0.3) is 0 Å². The summed E-state index contributed by atoms with van der Waals surface area (Å²) < 4.78 is 5.54. The Balaban J connectivity index is 1.51. The van der Waals surface area contributed by atoms with Gasteiger partial charge in [0.05, 0.1) is 0 Å². The lowest BCUT2D eigenvalue weighted by Crippen LogP contribution is -2.29. The van der Waals surface area contributed by atoms with Gasteiger partial charge < -0.3 is 15.2 Å². The number of fused-ring (bicyclic) bond motifs is 3. The molecule has 0 heterocycles. The van der Waals surface area contributed by atoms with E-state index in [1.165, 1.54) is 22.3 Å². The molecule has 154 valence electrons. The largest absolute Gasteiger partial charge is 0.481 e. The van der Waals surface area contributed by atoms with E-state index in [-0.39, 0.29) is 18.3 Å². The van der Waals surface area contributed by atoms with Crippen LogP contribution < -0.4 is 5.32 Å². The summed E-state index contributed by atoms with van der Waals surface area (Å²) in [5.41, 5.74) is 4.79. The summed E-state index contributed by atoms with van der Waals surface area (Å²) in [7, 11) is 0. The van der Waals surface area contributed by atoms with Crippen LogP contribution in [-0.2, 0) is 9.53 Å². The van der Waals surface area contributed by atoms with Gasteiger partial charge in [0.1, 0.15) is 6.61 Å². The van der Waals surface area contributed by atoms with Crippen LogP contribution in [0.5, 0.6) is 0 Å².